The van der Waals surface area contributed by atoms with E-state index in [1.54, 1.807) is 30.3 Å². The van der Waals surface area contributed by atoms with Crippen molar-refractivity contribution >= 4 is 12.1 Å². The number of alkyl carbamates (subject to hydrolysis) is 1. The number of nitrogens with two attached hydrogens (primary N) is 1. The first-order valence-corrected chi connectivity index (χ1v) is 8.78. The number of amides is 1. The number of carboxylic acids is 1. The van der Waals surface area contributed by atoms with Gasteiger partial charge in [0.2, 0.25) is 0 Å². The van der Waals surface area contributed by atoms with E-state index in [0.717, 1.165) is 25.7 Å². The molecule has 2 rings (SSSR count). The average molecular weight is 366 g/mol. The molecule has 5 N–H and O–H groups in total. The SMILES string of the molecule is CC(C)(C)OC(=O)NC1(N)CCCCC1.O=C(O)[C@H](O)c1ccccc1. The zero-order valence-electron chi connectivity index (χ0n) is 15.7. The topological polar surface area (TPSA) is 122 Å². The average Bonchev–Trinajstić information content (AvgIpc) is 2.53. The first kappa shape index (κ1) is 21.9. The number of ether oxygens (including phenoxy) is 1. The summed E-state index contributed by atoms with van der Waals surface area (Å²) in [5.74, 6) is -1.23. The molecule has 0 spiro atoms. The second kappa shape index (κ2) is 9.54. The third-order valence-electron chi connectivity index (χ3n) is 3.84. The highest BCUT2D eigenvalue weighted by atomic mass is 16.6. The zero-order valence-corrected chi connectivity index (χ0v) is 15.7. The maximum atomic E-state index is 11.5. The highest BCUT2D eigenvalue weighted by Crippen LogP contribution is 2.23. The van der Waals surface area contributed by atoms with Gasteiger partial charge < -0.3 is 26.0 Å². The molecule has 26 heavy (non-hydrogen) atoms. The van der Waals surface area contributed by atoms with Gasteiger partial charge in [0.15, 0.2) is 6.10 Å². The van der Waals surface area contributed by atoms with E-state index < -0.39 is 29.4 Å². The number of rotatable bonds is 3. The first-order valence-electron chi connectivity index (χ1n) is 8.78. The van der Waals surface area contributed by atoms with E-state index in [0.29, 0.717) is 5.56 Å². The van der Waals surface area contributed by atoms with E-state index in [1.807, 2.05) is 20.8 Å². The van der Waals surface area contributed by atoms with Crippen LogP contribution in [0.25, 0.3) is 0 Å². The van der Waals surface area contributed by atoms with Gasteiger partial charge in [-0.05, 0) is 52.0 Å². The Morgan fingerprint density at radius 3 is 2.15 bits per heavy atom. The minimum absolute atomic E-state index is 0.403. The third kappa shape index (κ3) is 8.31. The summed E-state index contributed by atoms with van der Waals surface area (Å²) in [6.07, 6.45) is 3.22. The summed E-state index contributed by atoms with van der Waals surface area (Å²) in [6.45, 7) is 5.53. The smallest absolute Gasteiger partial charge is 0.409 e. The predicted molar refractivity (Wildman–Crippen MR) is 98.4 cm³/mol. The molecule has 0 unspecified atom stereocenters. The highest BCUT2D eigenvalue weighted by Gasteiger charge is 2.30. The van der Waals surface area contributed by atoms with Crippen LogP contribution in [0.4, 0.5) is 4.79 Å². The highest BCUT2D eigenvalue weighted by molar-refractivity contribution is 5.73. The van der Waals surface area contributed by atoms with Gasteiger partial charge in [-0.3, -0.25) is 0 Å². The lowest BCUT2D eigenvalue weighted by Gasteiger charge is -2.34. The number of carboxylic acid groups (broad SMARTS) is 1. The Hall–Kier alpha value is -2.12. The van der Waals surface area contributed by atoms with Crippen LogP contribution in [0.2, 0.25) is 0 Å². The molecule has 0 heterocycles. The molecule has 1 fully saturated rings. The van der Waals surface area contributed by atoms with E-state index in [9.17, 15) is 9.59 Å². The van der Waals surface area contributed by atoms with Crippen LogP contribution in [-0.2, 0) is 9.53 Å². The number of carbonyl (C=O) groups is 2. The van der Waals surface area contributed by atoms with Crippen LogP contribution in [0.15, 0.2) is 30.3 Å². The summed E-state index contributed by atoms with van der Waals surface area (Å²) >= 11 is 0. The number of aliphatic carboxylic acids is 1. The number of hydrogen-bond donors (Lipinski definition) is 4. The van der Waals surface area contributed by atoms with Crippen molar-refractivity contribution in [3.63, 3.8) is 0 Å². The monoisotopic (exact) mass is 366 g/mol. The van der Waals surface area contributed by atoms with Gasteiger partial charge in [0.25, 0.3) is 0 Å². The summed E-state index contributed by atoms with van der Waals surface area (Å²) in [4.78, 5) is 21.8. The van der Waals surface area contributed by atoms with Gasteiger partial charge in [0, 0.05) is 0 Å². The summed E-state index contributed by atoms with van der Waals surface area (Å²) in [7, 11) is 0. The Labute approximate surface area is 154 Å². The Morgan fingerprint density at radius 1 is 1.15 bits per heavy atom. The lowest BCUT2D eigenvalue weighted by molar-refractivity contribution is -0.146. The molecule has 0 aliphatic heterocycles. The van der Waals surface area contributed by atoms with Crippen LogP contribution in [-0.4, -0.2) is 33.5 Å². The number of hydrogen-bond acceptors (Lipinski definition) is 5. The molecule has 0 saturated heterocycles. The summed E-state index contributed by atoms with van der Waals surface area (Å²) in [6, 6.07) is 8.26. The Kier molecular flexibility index (Phi) is 8.05. The lowest BCUT2D eigenvalue weighted by atomic mass is 9.90. The first-order chi connectivity index (χ1) is 12.0. The summed E-state index contributed by atoms with van der Waals surface area (Å²) in [5.41, 5.74) is 5.45. The van der Waals surface area contributed by atoms with Crippen molar-refractivity contribution in [2.24, 2.45) is 5.73 Å². The van der Waals surface area contributed by atoms with Crippen molar-refractivity contribution in [3.8, 4) is 0 Å². The van der Waals surface area contributed by atoms with Crippen molar-refractivity contribution < 1.29 is 24.5 Å². The van der Waals surface area contributed by atoms with E-state index in [-0.39, 0.29) is 0 Å². The molecule has 1 atom stereocenters. The van der Waals surface area contributed by atoms with Crippen LogP contribution < -0.4 is 11.1 Å². The number of nitrogens with one attached hydrogen (secondary N) is 1. The van der Waals surface area contributed by atoms with Crippen molar-refractivity contribution in [2.75, 3.05) is 0 Å². The second-order valence-electron chi connectivity index (χ2n) is 7.50. The van der Waals surface area contributed by atoms with Gasteiger partial charge in [-0.25, -0.2) is 9.59 Å². The Bertz CT molecular complexity index is 577. The van der Waals surface area contributed by atoms with Gasteiger partial charge in [-0.1, -0.05) is 36.8 Å². The quantitative estimate of drug-likeness (QED) is 0.610. The molecule has 1 aliphatic carbocycles. The van der Waals surface area contributed by atoms with Gasteiger partial charge in [-0.2, -0.15) is 0 Å². The molecular formula is C19H30N2O5. The molecule has 0 aromatic heterocycles. The zero-order chi connectivity index (χ0) is 19.8. The number of aliphatic hydroxyl groups excluding tert-OH is 1. The fourth-order valence-electron chi connectivity index (χ4n) is 2.59. The van der Waals surface area contributed by atoms with Gasteiger partial charge in [0.1, 0.15) is 5.60 Å². The lowest BCUT2D eigenvalue weighted by Crippen LogP contribution is -2.57. The largest absolute Gasteiger partial charge is 0.479 e. The van der Waals surface area contributed by atoms with Crippen LogP contribution in [0.5, 0.6) is 0 Å². The van der Waals surface area contributed by atoms with Crippen LogP contribution >= 0.6 is 0 Å². The van der Waals surface area contributed by atoms with Gasteiger partial charge in [-0.15, -0.1) is 0 Å². The minimum Gasteiger partial charge on any atom is -0.479 e. The molecule has 146 valence electrons. The van der Waals surface area contributed by atoms with Crippen molar-refractivity contribution in [2.45, 2.75) is 70.2 Å². The Balaban J connectivity index is 0.000000273. The molecule has 7 heteroatoms. The maximum Gasteiger partial charge on any atom is 0.409 e. The third-order valence-corrected chi connectivity index (χ3v) is 3.84. The van der Waals surface area contributed by atoms with E-state index in [2.05, 4.69) is 5.32 Å². The second-order valence-corrected chi connectivity index (χ2v) is 7.50. The van der Waals surface area contributed by atoms with E-state index >= 15 is 0 Å². The van der Waals surface area contributed by atoms with Crippen molar-refractivity contribution in [1.29, 1.82) is 0 Å². The standard InChI is InChI=1S/C11H22N2O2.C8H8O3/c1-10(2,3)15-9(14)13-11(12)7-5-4-6-8-11;9-7(8(10)11)6-4-2-1-3-5-6/h4-8,12H2,1-3H3,(H,13,14);1-5,7,9H,(H,10,11)/t;7-/m.1/s1. The number of benzene rings is 1. The minimum atomic E-state index is -1.41. The maximum absolute atomic E-state index is 11.5. The molecule has 0 bridgehead atoms. The molecule has 1 aromatic carbocycles. The van der Waals surface area contributed by atoms with Crippen molar-refractivity contribution in [3.05, 3.63) is 35.9 Å². The summed E-state index contributed by atoms with van der Waals surface area (Å²) in [5, 5.41) is 20.2. The number of aliphatic hydroxyl groups is 1. The Morgan fingerprint density at radius 2 is 1.69 bits per heavy atom. The van der Waals surface area contributed by atoms with Gasteiger partial charge in [0.05, 0.1) is 5.66 Å². The van der Waals surface area contributed by atoms with Crippen LogP contribution in [0.1, 0.15) is 64.5 Å². The predicted octanol–water partition coefficient (Wildman–Crippen LogP) is 2.93. The van der Waals surface area contributed by atoms with E-state index in [1.165, 1.54) is 6.42 Å². The molecule has 0 radical (unpaired) electrons. The van der Waals surface area contributed by atoms with E-state index in [4.69, 9.17) is 20.7 Å². The molecule has 1 aromatic rings. The fraction of sp³-hybridized carbons (Fsp3) is 0.579. The molecule has 7 nitrogen and oxygen atoms in total. The fourth-order valence-corrected chi connectivity index (χ4v) is 2.59. The van der Waals surface area contributed by atoms with Crippen molar-refractivity contribution in [1.82, 2.24) is 5.32 Å². The van der Waals surface area contributed by atoms with Crippen LogP contribution in [0.3, 0.4) is 0 Å². The normalized spacial score (nSPS) is 17.3. The molecule has 1 saturated carbocycles. The summed E-state index contributed by atoms with van der Waals surface area (Å²) < 4.78 is 5.18. The van der Waals surface area contributed by atoms with Crippen LogP contribution in [0, 0.1) is 0 Å². The molecular weight excluding hydrogens is 336 g/mol. The molecule has 1 amide bonds. The van der Waals surface area contributed by atoms with Gasteiger partial charge >= 0.3 is 12.1 Å². The number of carbonyl (C=O) groups excluding carboxylic acids is 1. The molecule has 1 aliphatic rings.